The van der Waals surface area contributed by atoms with Gasteiger partial charge in [-0.3, -0.25) is 0 Å². The third-order valence-corrected chi connectivity index (χ3v) is 2.26. The number of carbonyl (C=O) groups is 1. The lowest BCUT2D eigenvalue weighted by molar-refractivity contribution is -0.156. The molecule has 0 saturated heterocycles. The van der Waals surface area contributed by atoms with Crippen molar-refractivity contribution in [2.24, 2.45) is 4.99 Å². The van der Waals surface area contributed by atoms with Crippen LogP contribution in [0.3, 0.4) is 0 Å². The Morgan fingerprint density at radius 1 is 1.39 bits per heavy atom. The van der Waals surface area contributed by atoms with Crippen LogP contribution >= 0.6 is 12.2 Å². The number of nitrogens with zero attached hydrogens (tertiary/aromatic N) is 1. The van der Waals surface area contributed by atoms with Gasteiger partial charge in [0.25, 0.3) is 0 Å². The number of ether oxygens (including phenoxy) is 1. The van der Waals surface area contributed by atoms with E-state index in [0.29, 0.717) is 6.42 Å². The van der Waals surface area contributed by atoms with Crippen LogP contribution in [0.5, 0.6) is 0 Å². The molecular weight excluding hydrogens is 246 g/mol. The first-order valence-electron chi connectivity index (χ1n) is 5.76. The molecule has 96 valence electrons. The fourth-order valence-corrected chi connectivity index (χ4v) is 1.58. The summed E-state index contributed by atoms with van der Waals surface area (Å²) in [5, 5.41) is 2.26. The first-order valence-corrected chi connectivity index (χ1v) is 6.17. The van der Waals surface area contributed by atoms with Crippen molar-refractivity contribution in [2.75, 3.05) is 0 Å². The van der Waals surface area contributed by atoms with Gasteiger partial charge in [-0.05, 0) is 38.6 Å². The van der Waals surface area contributed by atoms with Gasteiger partial charge in [-0.25, -0.2) is 9.79 Å². The van der Waals surface area contributed by atoms with Gasteiger partial charge in [0, 0.05) is 6.42 Å². The lowest BCUT2D eigenvalue weighted by atomic mass is 10.1. The van der Waals surface area contributed by atoms with E-state index in [-0.39, 0.29) is 5.97 Å². The minimum atomic E-state index is -0.621. The summed E-state index contributed by atoms with van der Waals surface area (Å²) < 4.78 is 5.31. The van der Waals surface area contributed by atoms with E-state index >= 15 is 0 Å². The van der Waals surface area contributed by atoms with E-state index in [4.69, 9.17) is 4.74 Å². The van der Waals surface area contributed by atoms with E-state index in [1.165, 1.54) is 0 Å². The Morgan fingerprint density at radius 3 is 2.50 bits per heavy atom. The number of carbonyl (C=O) groups excluding carboxylic acids is 1. The summed E-state index contributed by atoms with van der Waals surface area (Å²) in [5.74, 6) is -0.372. The third-order valence-electron chi connectivity index (χ3n) is 2.16. The van der Waals surface area contributed by atoms with Crippen molar-refractivity contribution in [3.05, 3.63) is 35.9 Å². The standard InChI is InChI=1S/C14H17NO2S/c1-14(2,3)17-13(16)12(15-10-18)9-11-7-5-4-6-8-11/h4-8,12H,9H2,1-3H3/t12-/m1/s1. The average Bonchev–Trinajstić information content (AvgIpc) is 2.27. The van der Waals surface area contributed by atoms with Crippen LogP contribution < -0.4 is 0 Å². The second-order valence-electron chi connectivity index (χ2n) is 4.96. The van der Waals surface area contributed by atoms with Gasteiger partial charge in [-0.15, -0.1) is 0 Å². The van der Waals surface area contributed by atoms with E-state index in [0.717, 1.165) is 5.56 Å². The number of aliphatic imine (C=N–C) groups is 1. The molecule has 1 rings (SSSR count). The van der Waals surface area contributed by atoms with E-state index in [1.807, 2.05) is 51.1 Å². The average molecular weight is 263 g/mol. The molecule has 0 unspecified atom stereocenters. The molecule has 0 N–H and O–H groups in total. The van der Waals surface area contributed by atoms with Crippen molar-refractivity contribution in [3.63, 3.8) is 0 Å². The van der Waals surface area contributed by atoms with Crippen molar-refractivity contribution < 1.29 is 9.53 Å². The van der Waals surface area contributed by atoms with E-state index < -0.39 is 11.6 Å². The van der Waals surface area contributed by atoms with Gasteiger partial charge in [0.2, 0.25) is 0 Å². The highest BCUT2D eigenvalue weighted by atomic mass is 32.1. The van der Waals surface area contributed by atoms with Crippen LogP contribution in [0.2, 0.25) is 0 Å². The summed E-state index contributed by atoms with van der Waals surface area (Å²) in [4.78, 5) is 15.8. The molecule has 18 heavy (non-hydrogen) atoms. The number of hydrogen-bond donors (Lipinski definition) is 0. The van der Waals surface area contributed by atoms with Crippen molar-refractivity contribution >= 4 is 23.3 Å². The van der Waals surface area contributed by atoms with E-state index in [9.17, 15) is 4.79 Å². The number of benzene rings is 1. The first kappa shape index (κ1) is 14.6. The highest BCUT2D eigenvalue weighted by Gasteiger charge is 2.24. The Hall–Kier alpha value is -1.51. The van der Waals surface area contributed by atoms with Crippen LogP contribution in [-0.4, -0.2) is 22.8 Å². The van der Waals surface area contributed by atoms with E-state index in [2.05, 4.69) is 22.4 Å². The fourth-order valence-electron chi connectivity index (χ4n) is 1.45. The van der Waals surface area contributed by atoms with Crippen molar-refractivity contribution in [1.29, 1.82) is 0 Å². The molecule has 0 amide bonds. The molecule has 1 aromatic rings. The Bertz CT molecular complexity index is 445. The molecule has 1 atom stereocenters. The lowest BCUT2D eigenvalue weighted by Gasteiger charge is -2.21. The minimum Gasteiger partial charge on any atom is -0.458 e. The summed E-state index contributed by atoms with van der Waals surface area (Å²) in [6.07, 6.45) is 0.472. The molecule has 0 aromatic heterocycles. The summed E-state index contributed by atoms with van der Waals surface area (Å²) in [7, 11) is 0. The quantitative estimate of drug-likeness (QED) is 0.476. The fraction of sp³-hybridized carbons (Fsp3) is 0.429. The van der Waals surface area contributed by atoms with Crippen molar-refractivity contribution in [1.82, 2.24) is 0 Å². The Morgan fingerprint density at radius 2 is 2.00 bits per heavy atom. The van der Waals surface area contributed by atoms with Gasteiger partial charge in [0.05, 0.1) is 5.16 Å². The molecule has 0 saturated carbocycles. The van der Waals surface area contributed by atoms with E-state index in [1.54, 1.807) is 0 Å². The molecule has 0 aliphatic heterocycles. The Balaban J connectivity index is 2.77. The van der Waals surface area contributed by atoms with Crippen molar-refractivity contribution in [2.45, 2.75) is 38.8 Å². The molecule has 0 aliphatic carbocycles. The third kappa shape index (κ3) is 5.21. The molecule has 4 heteroatoms. The largest absolute Gasteiger partial charge is 0.458 e. The molecule has 0 heterocycles. The maximum Gasteiger partial charge on any atom is 0.332 e. The highest BCUT2D eigenvalue weighted by Crippen LogP contribution is 2.13. The van der Waals surface area contributed by atoms with Crippen LogP contribution in [0.4, 0.5) is 0 Å². The Kier molecular flexibility index (Phi) is 5.20. The predicted molar refractivity (Wildman–Crippen MR) is 74.8 cm³/mol. The molecule has 0 aliphatic rings. The predicted octanol–water partition coefficient (Wildman–Crippen LogP) is 3.04. The second kappa shape index (κ2) is 6.43. The summed E-state index contributed by atoms with van der Waals surface area (Å²) in [6, 6.07) is 9.02. The van der Waals surface area contributed by atoms with Gasteiger partial charge < -0.3 is 4.74 Å². The lowest BCUT2D eigenvalue weighted by Crippen LogP contribution is -2.32. The smallest absolute Gasteiger partial charge is 0.332 e. The first-order chi connectivity index (χ1) is 8.42. The van der Waals surface area contributed by atoms with Crippen LogP contribution in [0.25, 0.3) is 0 Å². The molecule has 0 bridgehead atoms. The zero-order valence-electron chi connectivity index (χ0n) is 10.8. The van der Waals surface area contributed by atoms with Gasteiger partial charge >= 0.3 is 5.97 Å². The minimum absolute atomic E-state index is 0.372. The zero-order chi connectivity index (χ0) is 13.6. The number of thiocarbonyl (C=S) groups is 1. The normalized spacial score (nSPS) is 12.4. The molecule has 0 radical (unpaired) electrons. The van der Waals surface area contributed by atoms with Crippen LogP contribution in [0, 0.1) is 0 Å². The maximum atomic E-state index is 12.0. The van der Waals surface area contributed by atoms with Gasteiger partial charge in [-0.2, -0.15) is 0 Å². The number of esters is 1. The Labute approximate surface area is 113 Å². The van der Waals surface area contributed by atoms with Crippen LogP contribution in [0.1, 0.15) is 26.3 Å². The van der Waals surface area contributed by atoms with Gasteiger partial charge in [-0.1, -0.05) is 30.3 Å². The summed E-state index contributed by atoms with van der Waals surface area (Å²) in [5.41, 5.74) is 0.491. The molecule has 1 aromatic carbocycles. The molecule has 0 fully saturated rings. The highest BCUT2D eigenvalue weighted by molar-refractivity contribution is 7.78. The van der Waals surface area contributed by atoms with Gasteiger partial charge in [0.1, 0.15) is 5.60 Å². The topological polar surface area (TPSA) is 38.7 Å². The van der Waals surface area contributed by atoms with Crippen LogP contribution in [0.15, 0.2) is 35.3 Å². The summed E-state index contributed by atoms with van der Waals surface area (Å²) in [6.45, 7) is 5.48. The SMILES string of the molecule is CC(C)(C)OC(=O)[C@@H](Cc1ccccc1)N=C=S. The van der Waals surface area contributed by atoms with Crippen LogP contribution in [-0.2, 0) is 16.0 Å². The number of hydrogen-bond acceptors (Lipinski definition) is 4. The molecule has 3 nitrogen and oxygen atoms in total. The monoisotopic (exact) mass is 263 g/mol. The number of isothiocyanates is 1. The summed E-state index contributed by atoms with van der Waals surface area (Å²) >= 11 is 4.58. The maximum absolute atomic E-state index is 12.0. The zero-order valence-corrected chi connectivity index (χ0v) is 11.7. The molecular formula is C14H17NO2S. The van der Waals surface area contributed by atoms with Gasteiger partial charge in [0.15, 0.2) is 6.04 Å². The number of rotatable bonds is 4. The van der Waals surface area contributed by atoms with Crippen molar-refractivity contribution in [3.8, 4) is 0 Å². The second-order valence-corrected chi connectivity index (χ2v) is 5.14. The molecule has 0 spiro atoms.